The van der Waals surface area contributed by atoms with Gasteiger partial charge >= 0.3 is 0 Å². The molecule has 1 saturated heterocycles. The molecule has 3 heterocycles. The van der Waals surface area contributed by atoms with Gasteiger partial charge in [0.05, 0.1) is 6.20 Å². The molecule has 17 heavy (non-hydrogen) atoms. The Morgan fingerprint density at radius 3 is 3.12 bits per heavy atom. The van der Waals surface area contributed by atoms with E-state index in [1.165, 1.54) is 6.34 Å². The molecule has 2 aliphatic heterocycles. The van der Waals surface area contributed by atoms with Crippen LogP contribution in [0.4, 0.5) is 5.82 Å². The van der Waals surface area contributed by atoms with Crippen LogP contribution in [-0.4, -0.2) is 41.4 Å². The van der Waals surface area contributed by atoms with Crippen LogP contribution in [0.3, 0.4) is 0 Å². The second-order valence-electron chi connectivity index (χ2n) is 3.92. The lowest BCUT2D eigenvalue weighted by molar-refractivity contribution is 0.662. The molecule has 1 unspecified atom stereocenters. The van der Waals surface area contributed by atoms with Gasteiger partial charge in [0.15, 0.2) is 0 Å². The third kappa shape index (κ3) is 2.17. The summed E-state index contributed by atoms with van der Waals surface area (Å²) in [6, 6.07) is 0.334. The summed E-state index contributed by atoms with van der Waals surface area (Å²) in [7, 11) is 0. The lowest BCUT2D eigenvalue weighted by Gasteiger charge is -2.17. The van der Waals surface area contributed by atoms with E-state index in [2.05, 4.69) is 35.7 Å². The minimum atomic E-state index is 0.334. The van der Waals surface area contributed by atoms with Crippen LogP contribution in [-0.2, 0) is 0 Å². The van der Waals surface area contributed by atoms with Crippen LogP contribution in [0.25, 0.3) is 0 Å². The molecule has 0 saturated carbocycles. The number of hydrogen-bond donors (Lipinski definition) is 1. The monoisotopic (exact) mass is 230 g/mol. The van der Waals surface area contributed by atoms with Crippen molar-refractivity contribution in [1.82, 2.24) is 20.6 Å². The molecule has 0 aromatic carbocycles. The molecule has 87 valence electrons. The van der Waals surface area contributed by atoms with Crippen molar-refractivity contribution in [2.45, 2.75) is 12.5 Å². The third-order valence-corrected chi connectivity index (χ3v) is 2.78. The van der Waals surface area contributed by atoms with Crippen molar-refractivity contribution in [2.24, 2.45) is 10.2 Å². The maximum absolute atomic E-state index is 4.28. The lowest BCUT2D eigenvalue weighted by atomic mass is 10.3. The van der Waals surface area contributed by atoms with Crippen molar-refractivity contribution in [2.75, 3.05) is 18.0 Å². The fourth-order valence-electron chi connectivity index (χ4n) is 1.98. The maximum atomic E-state index is 4.28. The lowest BCUT2D eigenvalue weighted by Crippen LogP contribution is -2.40. The highest BCUT2D eigenvalue weighted by Gasteiger charge is 2.24. The predicted octanol–water partition coefficient (Wildman–Crippen LogP) is -0.438. The summed E-state index contributed by atoms with van der Waals surface area (Å²) in [6.07, 6.45) is 7.64. The Hall–Kier alpha value is -2.18. The Morgan fingerprint density at radius 2 is 2.35 bits per heavy atom. The Labute approximate surface area is 98.7 Å². The van der Waals surface area contributed by atoms with Crippen LogP contribution in [0, 0.1) is 0 Å². The number of aromatic nitrogens is 2. The van der Waals surface area contributed by atoms with Crippen LogP contribution >= 0.6 is 0 Å². The Morgan fingerprint density at radius 1 is 1.35 bits per heavy atom. The van der Waals surface area contributed by atoms with Gasteiger partial charge in [-0.05, 0) is 6.42 Å². The number of nitrogens with zero attached hydrogens (tertiary/aromatic N) is 6. The van der Waals surface area contributed by atoms with Crippen LogP contribution in [0.2, 0.25) is 0 Å². The first-order chi connectivity index (χ1) is 8.42. The predicted molar refractivity (Wildman–Crippen MR) is 63.8 cm³/mol. The Bertz CT molecular complexity index is 441. The molecule has 1 fully saturated rings. The van der Waals surface area contributed by atoms with Gasteiger partial charge in [0, 0.05) is 31.5 Å². The standard InChI is InChI=1S/C10H12N7/c1-4-17(9-5-11-2-3-12-9)6-8(1)15-10-13-7-14-16-10/h2-3,5,7-8H,1,4,6H2,(H,15,16). The number of guanidine groups is 1. The van der Waals surface area contributed by atoms with Crippen molar-refractivity contribution in [3.05, 3.63) is 18.6 Å². The van der Waals surface area contributed by atoms with Gasteiger partial charge in [-0.15, -0.1) is 10.2 Å². The van der Waals surface area contributed by atoms with Gasteiger partial charge in [-0.3, -0.25) is 4.98 Å². The van der Waals surface area contributed by atoms with Gasteiger partial charge in [-0.2, -0.15) is 5.32 Å². The van der Waals surface area contributed by atoms with Crippen molar-refractivity contribution in [1.29, 1.82) is 0 Å². The summed E-state index contributed by atoms with van der Waals surface area (Å²) in [4.78, 5) is 10.6. The SMILES string of the molecule is C1=NN=C(NC2CCN(c3cnccn3)C2)[N]1. The first kappa shape index (κ1) is 10.0. The van der Waals surface area contributed by atoms with Crippen LogP contribution in [0.1, 0.15) is 6.42 Å². The van der Waals surface area contributed by atoms with E-state index in [0.29, 0.717) is 12.0 Å². The number of nitrogens with one attached hydrogen (secondary N) is 1. The largest absolute Gasteiger partial charge is 0.353 e. The summed E-state index contributed by atoms with van der Waals surface area (Å²) in [6.45, 7) is 1.84. The minimum absolute atomic E-state index is 0.334. The highest BCUT2D eigenvalue weighted by atomic mass is 15.4. The molecule has 1 aromatic rings. The zero-order valence-corrected chi connectivity index (χ0v) is 9.19. The highest BCUT2D eigenvalue weighted by molar-refractivity contribution is 5.92. The van der Waals surface area contributed by atoms with Gasteiger partial charge in [-0.25, -0.2) is 4.98 Å². The van der Waals surface area contributed by atoms with Crippen molar-refractivity contribution in [3.8, 4) is 0 Å². The van der Waals surface area contributed by atoms with Gasteiger partial charge in [-0.1, -0.05) is 0 Å². The van der Waals surface area contributed by atoms with Crippen LogP contribution in [0.5, 0.6) is 0 Å². The normalized spacial score (nSPS) is 22.5. The van der Waals surface area contributed by atoms with Crippen LogP contribution in [0.15, 0.2) is 28.8 Å². The summed E-state index contributed by atoms with van der Waals surface area (Å²) in [5.74, 6) is 1.51. The average molecular weight is 230 g/mol. The first-order valence-electron chi connectivity index (χ1n) is 5.50. The van der Waals surface area contributed by atoms with Gasteiger partial charge in [0.2, 0.25) is 5.96 Å². The maximum Gasteiger partial charge on any atom is 0.244 e. The molecule has 0 bridgehead atoms. The van der Waals surface area contributed by atoms with E-state index < -0.39 is 0 Å². The zero-order chi connectivity index (χ0) is 11.5. The second kappa shape index (κ2) is 4.36. The third-order valence-electron chi connectivity index (χ3n) is 2.78. The molecule has 1 radical (unpaired) electrons. The van der Waals surface area contributed by atoms with Crippen LogP contribution < -0.4 is 15.5 Å². The molecule has 7 nitrogen and oxygen atoms in total. The van der Waals surface area contributed by atoms with Gasteiger partial charge < -0.3 is 10.2 Å². The summed E-state index contributed by atoms with van der Waals surface area (Å²) in [5.41, 5.74) is 0. The van der Waals surface area contributed by atoms with Gasteiger partial charge in [0.1, 0.15) is 12.2 Å². The Balaban J connectivity index is 1.58. The van der Waals surface area contributed by atoms with Crippen molar-refractivity contribution in [3.63, 3.8) is 0 Å². The van der Waals surface area contributed by atoms with E-state index in [1.807, 2.05) is 0 Å². The van der Waals surface area contributed by atoms with Crippen molar-refractivity contribution < 1.29 is 0 Å². The zero-order valence-electron chi connectivity index (χ0n) is 9.19. The summed E-state index contributed by atoms with van der Waals surface area (Å²) < 4.78 is 0. The Kier molecular flexibility index (Phi) is 2.57. The van der Waals surface area contributed by atoms with E-state index in [4.69, 9.17) is 0 Å². The minimum Gasteiger partial charge on any atom is -0.353 e. The van der Waals surface area contributed by atoms with Crippen molar-refractivity contribution >= 4 is 18.1 Å². The average Bonchev–Trinajstić information content (AvgIpc) is 3.02. The molecule has 1 aromatic heterocycles. The quantitative estimate of drug-likeness (QED) is 0.747. The summed E-state index contributed by atoms with van der Waals surface area (Å²) in [5, 5.41) is 14.8. The van der Waals surface area contributed by atoms with E-state index >= 15 is 0 Å². The molecule has 3 rings (SSSR count). The van der Waals surface area contributed by atoms with E-state index in [1.54, 1.807) is 18.6 Å². The van der Waals surface area contributed by atoms with E-state index in [-0.39, 0.29) is 0 Å². The first-order valence-corrected chi connectivity index (χ1v) is 5.50. The number of anilines is 1. The molecule has 7 heteroatoms. The molecule has 0 aliphatic carbocycles. The summed E-state index contributed by atoms with van der Waals surface area (Å²) >= 11 is 0. The fraction of sp³-hybridized carbons (Fsp3) is 0.400. The molecule has 0 spiro atoms. The fourth-order valence-corrected chi connectivity index (χ4v) is 1.98. The molecular formula is C10H12N7. The smallest absolute Gasteiger partial charge is 0.244 e. The highest BCUT2D eigenvalue weighted by Crippen LogP contribution is 2.16. The topological polar surface area (TPSA) is 79.9 Å². The molecular weight excluding hydrogens is 218 g/mol. The van der Waals surface area contributed by atoms with E-state index in [9.17, 15) is 0 Å². The van der Waals surface area contributed by atoms with Gasteiger partial charge in [0.25, 0.3) is 0 Å². The second-order valence-corrected chi connectivity index (χ2v) is 3.92. The molecule has 1 N–H and O–H groups in total. The molecule has 1 atom stereocenters. The number of rotatable bonds is 2. The molecule has 2 aliphatic rings. The number of hydrogen-bond acceptors (Lipinski definition) is 6. The molecule has 0 amide bonds. The van der Waals surface area contributed by atoms with E-state index in [0.717, 1.165) is 25.3 Å².